The van der Waals surface area contributed by atoms with Crippen LogP contribution in [0.4, 0.5) is 5.69 Å². The molecule has 0 saturated heterocycles. The topological polar surface area (TPSA) is 97.6 Å². The van der Waals surface area contributed by atoms with Crippen molar-refractivity contribution in [3.8, 4) is 5.75 Å². The molecule has 0 aliphatic heterocycles. The minimum Gasteiger partial charge on any atom is -0.497 e. The average molecular weight is 386 g/mol. The number of anilines is 1. The Bertz CT molecular complexity index is 995. The molecule has 0 bridgehead atoms. The third-order valence-electron chi connectivity index (χ3n) is 3.77. The van der Waals surface area contributed by atoms with Gasteiger partial charge in [-0.3, -0.25) is 9.52 Å². The highest BCUT2D eigenvalue weighted by atomic mass is 32.2. The van der Waals surface area contributed by atoms with Gasteiger partial charge in [-0.2, -0.15) is 0 Å². The summed E-state index contributed by atoms with van der Waals surface area (Å²) in [6, 6.07) is 15.7. The number of carbonyl (C=O) groups is 1. The van der Waals surface area contributed by atoms with Gasteiger partial charge in [0, 0.05) is 11.3 Å². The summed E-state index contributed by atoms with van der Waals surface area (Å²) >= 11 is 0. The van der Waals surface area contributed by atoms with Crippen molar-refractivity contribution in [2.45, 2.75) is 11.4 Å². The van der Waals surface area contributed by atoms with E-state index in [1.807, 2.05) is 0 Å². The predicted molar refractivity (Wildman–Crippen MR) is 100 cm³/mol. The fourth-order valence-corrected chi connectivity index (χ4v) is 3.40. The molecule has 1 aromatic heterocycles. The number of carbonyl (C=O) groups excluding carboxylic acids is 1. The molecule has 140 valence electrons. The van der Waals surface area contributed by atoms with E-state index in [9.17, 15) is 13.2 Å². The maximum atomic E-state index is 12.5. The van der Waals surface area contributed by atoms with E-state index in [4.69, 9.17) is 9.15 Å². The lowest BCUT2D eigenvalue weighted by Gasteiger charge is -2.09. The van der Waals surface area contributed by atoms with Crippen molar-refractivity contribution in [2.75, 3.05) is 11.8 Å². The molecule has 0 aliphatic rings. The number of amides is 1. The summed E-state index contributed by atoms with van der Waals surface area (Å²) < 4.78 is 37.6. The molecule has 0 saturated carbocycles. The zero-order valence-corrected chi connectivity index (χ0v) is 15.3. The van der Waals surface area contributed by atoms with Gasteiger partial charge in [-0.1, -0.05) is 0 Å². The molecule has 0 spiro atoms. The summed E-state index contributed by atoms with van der Waals surface area (Å²) in [5, 5.41) is 2.70. The zero-order valence-electron chi connectivity index (χ0n) is 14.5. The molecular formula is C19H18N2O5S. The Balaban J connectivity index is 1.66. The minimum atomic E-state index is -3.76. The van der Waals surface area contributed by atoms with Crippen LogP contribution in [-0.2, 0) is 16.6 Å². The number of sulfonamides is 1. The van der Waals surface area contributed by atoms with Gasteiger partial charge >= 0.3 is 0 Å². The molecule has 3 aromatic rings. The predicted octanol–water partition coefficient (Wildman–Crippen LogP) is 3.02. The summed E-state index contributed by atoms with van der Waals surface area (Å²) in [6.07, 6.45) is 1.52. The lowest BCUT2D eigenvalue weighted by molar-refractivity contribution is 0.0948. The maximum Gasteiger partial charge on any atom is 0.261 e. The van der Waals surface area contributed by atoms with Crippen LogP contribution in [0.25, 0.3) is 0 Å². The highest BCUT2D eigenvalue weighted by Gasteiger charge is 2.15. The van der Waals surface area contributed by atoms with Crippen LogP contribution in [0.3, 0.4) is 0 Å². The van der Waals surface area contributed by atoms with Crippen LogP contribution in [0.1, 0.15) is 16.1 Å². The largest absolute Gasteiger partial charge is 0.497 e. The van der Waals surface area contributed by atoms with Gasteiger partial charge < -0.3 is 14.5 Å². The average Bonchev–Trinajstić information content (AvgIpc) is 3.20. The van der Waals surface area contributed by atoms with Crippen LogP contribution in [0, 0.1) is 0 Å². The lowest BCUT2D eigenvalue weighted by atomic mass is 10.2. The van der Waals surface area contributed by atoms with E-state index in [2.05, 4.69) is 10.0 Å². The molecule has 27 heavy (non-hydrogen) atoms. The van der Waals surface area contributed by atoms with Crippen LogP contribution >= 0.6 is 0 Å². The quantitative estimate of drug-likeness (QED) is 0.650. The van der Waals surface area contributed by atoms with E-state index >= 15 is 0 Å². The van der Waals surface area contributed by atoms with Crippen molar-refractivity contribution in [3.63, 3.8) is 0 Å². The standard InChI is InChI=1S/C19H18N2O5S/c1-25-16-8-6-15(7-9-16)21-27(23,24)18-10-4-14(5-11-18)19(22)20-13-17-3-2-12-26-17/h2-12,21H,13H2,1H3,(H,20,22). The molecule has 0 fully saturated rings. The van der Waals surface area contributed by atoms with Crippen LogP contribution in [0.5, 0.6) is 5.75 Å². The molecule has 0 aliphatic carbocycles. The Hall–Kier alpha value is -3.26. The van der Waals surface area contributed by atoms with Crippen molar-refractivity contribution in [1.29, 1.82) is 0 Å². The van der Waals surface area contributed by atoms with Gasteiger partial charge in [0.1, 0.15) is 11.5 Å². The molecule has 3 rings (SSSR count). The van der Waals surface area contributed by atoms with E-state index in [1.54, 1.807) is 36.4 Å². The second-order valence-corrected chi connectivity index (χ2v) is 7.30. The fourth-order valence-electron chi connectivity index (χ4n) is 2.34. The maximum absolute atomic E-state index is 12.5. The number of furan rings is 1. The molecule has 2 aromatic carbocycles. The number of benzene rings is 2. The van der Waals surface area contributed by atoms with Crippen LogP contribution in [-0.4, -0.2) is 21.4 Å². The highest BCUT2D eigenvalue weighted by Crippen LogP contribution is 2.19. The van der Waals surface area contributed by atoms with Gasteiger partial charge in [-0.25, -0.2) is 8.42 Å². The third kappa shape index (κ3) is 4.68. The van der Waals surface area contributed by atoms with Gasteiger partial charge in [0.05, 0.1) is 24.8 Å². The number of ether oxygens (including phenoxy) is 1. The first-order valence-corrected chi connectivity index (χ1v) is 9.54. The Morgan fingerprint density at radius 1 is 1.04 bits per heavy atom. The summed E-state index contributed by atoms with van der Waals surface area (Å²) in [7, 11) is -2.23. The van der Waals surface area contributed by atoms with Crippen LogP contribution in [0.15, 0.2) is 76.2 Å². The van der Waals surface area contributed by atoms with E-state index in [1.165, 1.54) is 37.6 Å². The highest BCUT2D eigenvalue weighted by molar-refractivity contribution is 7.92. The van der Waals surface area contributed by atoms with Gasteiger partial charge in [0.2, 0.25) is 0 Å². The Morgan fingerprint density at radius 3 is 2.33 bits per heavy atom. The fraction of sp³-hybridized carbons (Fsp3) is 0.105. The molecule has 2 N–H and O–H groups in total. The first-order chi connectivity index (χ1) is 13.0. The monoisotopic (exact) mass is 386 g/mol. The first kappa shape index (κ1) is 18.5. The molecule has 0 radical (unpaired) electrons. The summed E-state index contributed by atoms with van der Waals surface area (Å²) in [5.74, 6) is 0.938. The van der Waals surface area contributed by atoms with E-state index in [-0.39, 0.29) is 17.3 Å². The van der Waals surface area contributed by atoms with Crippen molar-refractivity contribution < 1.29 is 22.4 Å². The number of methoxy groups -OCH3 is 1. The molecular weight excluding hydrogens is 368 g/mol. The molecule has 7 nitrogen and oxygen atoms in total. The summed E-state index contributed by atoms with van der Waals surface area (Å²) in [4.78, 5) is 12.2. The first-order valence-electron chi connectivity index (χ1n) is 8.05. The molecule has 1 amide bonds. The summed E-state index contributed by atoms with van der Waals surface area (Å²) in [6.45, 7) is 0.255. The van der Waals surface area contributed by atoms with Gasteiger partial charge in [-0.05, 0) is 60.7 Å². The van der Waals surface area contributed by atoms with Crippen molar-refractivity contribution >= 4 is 21.6 Å². The smallest absolute Gasteiger partial charge is 0.261 e. The van der Waals surface area contributed by atoms with Crippen LogP contribution < -0.4 is 14.8 Å². The number of hydrogen-bond donors (Lipinski definition) is 2. The molecule has 1 heterocycles. The molecule has 8 heteroatoms. The molecule has 0 atom stereocenters. The van der Waals surface area contributed by atoms with E-state index < -0.39 is 10.0 Å². The zero-order chi connectivity index (χ0) is 19.3. The lowest BCUT2D eigenvalue weighted by Crippen LogP contribution is -2.22. The normalized spacial score (nSPS) is 11.0. The Morgan fingerprint density at radius 2 is 1.74 bits per heavy atom. The SMILES string of the molecule is COc1ccc(NS(=O)(=O)c2ccc(C(=O)NCc3ccco3)cc2)cc1. The van der Waals surface area contributed by atoms with Gasteiger partial charge in [0.25, 0.3) is 15.9 Å². The van der Waals surface area contributed by atoms with Crippen molar-refractivity contribution in [1.82, 2.24) is 5.32 Å². The Kier molecular flexibility index (Phi) is 5.46. The summed E-state index contributed by atoms with van der Waals surface area (Å²) in [5.41, 5.74) is 0.765. The second-order valence-electron chi connectivity index (χ2n) is 5.62. The number of nitrogens with one attached hydrogen (secondary N) is 2. The van der Waals surface area contributed by atoms with E-state index in [0.717, 1.165) is 0 Å². The number of hydrogen-bond acceptors (Lipinski definition) is 5. The minimum absolute atomic E-state index is 0.0564. The van der Waals surface area contributed by atoms with E-state index in [0.29, 0.717) is 22.8 Å². The van der Waals surface area contributed by atoms with Crippen LogP contribution in [0.2, 0.25) is 0 Å². The van der Waals surface area contributed by atoms with Gasteiger partial charge in [-0.15, -0.1) is 0 Å². The van der Waals surface area contributed by atoms with Crippen molar-refractivity contribution in [3.05, 3.63) is 78.3 Å². The number of rotatable bonds is 7. The third-order valence-corrected chi connectivity index (χ3v) is 5.17. The Labute approximate surface area is 157 Å². The molecule has 0 unspecified atom stereocenters. The van der Waals surface area contributed by atoms with Gasteiger partial charge in [0.15, 0.2) is 0 Å². The van der Waals surface area contributed by atoms with Crippen molar-refractivity contribution in [2.24, 2.45) is 0 Å². The second kappa shape index (κ2) is 7.96.